The van der Waals surface area contributed by atoms with Crippen LogP contribution < -0.4 is 0 Å². The molecular weight excluding hydrogens is 336 g/mol. The third-order valence-electron chi connectivity index (χ3n) is 5.37. The van der Waals surface area contributed by atoms with Crippen molar-refractivity contribution < 1.29 is 0 Å². The van der Waals surface area contributed by atoms with Crippen molar-refractivity contribution in [3.63, 3.8) is 0 Å². The zero-order valence-corrected chi connectivity index (χ0v) is 16.6. The van der Waals surface area contributed by atoms with E-state index >= 15 is 0 Å². The molecule has 0 atom stereocenters. The Morgan fingerprint density at radius 3 is 1.18 bits per heavy atom. The molecule has 0 spiro atoms. The summed E-state index contributed by atoms with van der Waals surface area (Å²) < 4.78 is 0. The predicted molar refractivity (Wildman–Crippen MR) is 120 cm³/mol. The van der Waals surface area contributed by atoms with Crippen LogP contribution in [0.4, 0.5) is 0 Å². The first-order valence-corrected chi connectivity index (χ1v) is 10.1. The molecule has 138 valence electrons. The second kappa shape index (κ2) is 7.86. The van der Waals surface area contributed by atoms with E-state index in [9.17, 15) is 0 Å². The van der Waals surface area contributed by atoms with Gasteiger partial charge in [0.2, 0.25) is 0 Å². The largest absolute Gasteiger partial charge is 0.0713 e. The van der Waals surface area contributed by atoms with E-state index in [-0.39, 0.29) is 5.41 Å². The fourth-order valence-corrected chi connectivity index (χ4v) is 4.40. The van der Waals surface area contributed by atoms with Gasteiger partial charge in [0.05, 0.1) is 5.41 Å². The first-order valence-electron chi connectivity index (χ1n) is 10.1. The lowest BCUT2D eigenvalue weighted by atomic mass is 9.68. The van der Waals surface area contributed by atoms with Crippen LogP contribution in [0.2, 0.25) is 0 Å². The van der Waals surface area contributed by atoms with E-state index in [4.69, 9.17) is 0 Å². The zero-order chi connectivity index (χ0) is 19.4. The third kappa shape index (κ3) is 2.77. The summed E-state index contributed by atoms with van der Waals surface area (Å²) in [5, 5.41) is 0. The average Bonchev–Trinajstić information content (AvgIpc) is 3.07. The number of rotatable bonds is 2. The highest BCUT2D eigenvalue weighted by Gasteiger charge is 2.45. The second-order valence-corrected chi connectivity index (χ2v) is 7.28. The average molecular weight is 363 g/mol. The van der Waals surface area contributed by atoms with Gasteiger partial charge in [0.1, 0.15) is 0 Å². The van der Waals surface area contributed by atoms with Gasteiger partial charge in [-0.1, -0.05) is 129 Å². The molecule has 1 aliphatic rings. The SMILES string of the molecule is CCC.c1ccc(C2(c3ccccc3)c3ccccc3-c3ccccc32)cc1. The molecule has 4 aromatic carbocycles. The van der Waals surface area contributed by atoms with E-state index in [2.05, 4.69) is 123 Å². The van der Waals surface area contributed by atoms with Gasteiger partial charge in [0.25, 0.3) is 0 Å². The quantitative estimate of drug-likeness (QED) is 0.305. The molecule has 0 bridgehead atoms. The Balaban J connectivity index is 0.000000604. The summed E-state index contributed by atoms with van der Waals surface area (Å²) in [5.74, 6) is 0. The minimum atomic E-state index is -0.254. The minimum Gasteiger partial charge on any atom is -0.0656 e. The molecule has 0 N–H and O–H groups in total. The summed E-state index contributed by atoms with van der Waals surface area (Å²) >= 11 is 0. The van der Waals surface area contributed by atoms with E-state index in [1.807, 2.05) is 0 Å². The normalized spacial score (nSPS) is 13.1. The molecule has 0 aromatic heterocycles. The fourth-order valence-electron chi connectivity index (χ4n) is 4.40. The van der Waals surface area contributed by atoms with Crippen molar-refractivity contribution in [2.75, 3.05) is 0 Å². The van der Waals surface area contributed by atoms with Gasteiger partial charge in [-0.3, -0.25) is 0 Å². The molecule has 0 fully saturated rings. The summed E-state index contributed by atoms with van der Waals surface area (Å²) in [6.45, 7) is 4.25. The molecule has 28 heavy (non-hydrogen) atoms. The summed E-state index contributed by atoms with van der Waals surface area (Å²) in [6, 6.07) is 39.5. The summed E-state index contributed by atoms with van der Waals surface area (Å²) in [6.07, 6.45) is 1.25. The van der Waals surface area contributed by atoms with Gasteiger partial charge in [-0.2, -0.15) is 0 Å². The van der Waals surface area contributed by atoms with Gasteiger partial charge in [-0.25, -0.2) is 0 Å². The van der Waals surface area contributed by atoms with Gasteiger partial charge in [-0.05, 0) is 33.4 Å². The smallest absolute Gasteiger partial charge is 0.0656 e. The van der Waals surface area contributed by atoms with Crippen LogP contribution in [-0.4, -0.2) is 0 Å². The van der Waals surface area contributed by atoms with Crippen molar-refractivity contribution in [1.82, 2.24) is 0 Å². The highest BCUT2D eigenvalue weighted by atomic mass is 14.5. The summed E-state index contributed by atoms with van der Waals surface area (Å²) in [4.78, 5) is 0. The number of hydrogen-bond donors (Lipinski definition) is 0. The number of hydrogen-bond acceptors (Lipinski definition) is 0. The third-order valence-corrected chi connectivity index (χ3v) is 5.37. The van der Waals surface area contributed by atoms with Crippen LogP contribution in [0.1, 0.15) is 42.5 Å². The standard InChI is InChI=1S/C25H18.C3H8/c1-3-11-19(12-4-1)25(20-13-5-2-6-14-20)23-17-9-7-15-21(23)22-16-8-10-18-24(22)25;1-3-2/h1-18H;3H2,1-2H3. The molecule has 5 rings (SSSR count). The second-order valence-electron chi connectivity index (χ2n) is 7.28. The molecule has 4 aromatic rings. The molecule has 0 heteroatoms. The van der Waals surface area contributed by atoms with Crippen molar-refractivity contribution in [3.8, 4) is 11.1 Å². The molecule has 0 saturated heterocycles. The van der Waals surface area contributed by atoms with E-state index in [0.717, 1.165) is 0 Å². The van der Waals surface area contributed by atoms with Crippen molar-refractivity contribution >= 4 is 0 Å². The van der Waals surface area contributed by atoms with E-state index in [1.54, 1.807) is 0 Å². The van der Waals surface area contributed by atoms with Crippen LogP contribution in [0.5, 0.6) is 0 Å². The lowest BCUT2D eigenvalue weighted by molar-refractivity contribution is 0.768. The van der Waals surface area contributed by atoms with Gasteiger partial charge in [-0.15, -0.1) is 0 Å². The fraction of sp³-hybridized carbons (Fsp3) is 0.143. The maximum Gasteiger partial charge on any atom is 0.0713 e. The molecule has 0 aliphatic heterocycles. The lowest BCUT2D eigenvalue weighted by Gasteiger charge is -2.33. The number of fused-ring (bicyclic) bond motifs is 3. The van der Waals surface area contributed by atoms with Gasteiger partial charge < -0.3 is 0 Å². The number of benzene rings is 4. The van der Waals surface area contributed by atoms with Crippen LogP contribution in [-0.2, 0) is 5.41 Å². The first-order chi connectivity index (χ1) is 13.8. The Kier molecular flexibility index (Phi) is 5.12. The maximum absolute atomic E-state index is 2.29. The Bertz CT molecular complexity index is 958. The van der Waals surface area contributed by atoms with Crippen molar-refractivity contribution in [1.29, 1.82) is 0 Å². The lowest BCUT2D eigenvalue weighted by Crippen LogP contribution is -2.28. The van der Waals surface area contributed by atoms with Crippen LogP contribution in [0.15, 0.2) is 109 Å². The molecular formula is C28H26. The van der Waals surface area contributed by atoms with Crippen LogP contribution in [0, 0.1) is 0 Å². The van der Waals surface area contributed by atoms with Gasteiger partial charge in [0.15, 0.2) is 0 Å². The highest BCUT2D eigenvalue weighted by molar-refractivity contribution is 5.86. The molecule has 0 radical (unpaired) electrons. The highest BCUT2D eigenvalue weighted by Crippen LogP contribution is 2.55. The van der Waals surface area contributed by atoms with Crippen LogP contribution >= 0.6 is 0 Å². The Morgan fingerprint density at radius 1 is 0.464 bits per heavy atom. The zero-order valence-electron chi connectivity index (χ0n) is 16.6. The van der Waals surface area contributed by atoms with Gasteiger partial charge >= 0.3 is 0 Å². The monoisotopic (exact) mass is 362 g/mol. The van der Waals surface area contributed by atoms with Crippen molar-refractivity contribution in [2.24, 2.45) is 0 Å². The van der Waals surface area contributed by atoms with E-state index in [1.165, 1.54) is 39.8 Å². The van der Waals surface area contributed by atoms with Crippen LogP contribution in [0.25, 0.3) is 11.1 Å². The maximum atomic E-state index is 2.29. The first kappa shape index (κ1) is 18.3. The van der Waals surface area contributed by atoms with E-state index in [0.29, 0.717) is 0 Å². The summed E-state index contributed by atoms with van der Waals surface area (Å²) in [5.41, 5.74) is 7.80. The molecule has 0 saturated carbocycles. The van der Waals surface area contributed by atoms with E-state index < -0.39 is 0 Å². The molecule has 0 unspecified atom stereocenters. The van der Waals surface area contributed by atoms with Crippen molar-refractivity contribution in [3.05, 3.63) is 131 Å². The van der Waals surface area contributed by atoms with Crippen LogP contribution in [0.3, 0.4) is 0 Å². The molecule has 0 amide bonds. The molecule has 1 aliphatic carbocycles. The predicted octanol–water partition coefficient (Wildman–Crippen LogP) is 7.47. The van der Waals surface area contributed by atoms with Gasteiger partial charge in [0, 0.05) is 0 Å². The Labute approximate surface area is 168 Å². The summed E-state index contributed by atoms with van der Waals surface area (Å²) in [7, 11) is 0. The Morgan fingerprint density at radius 2 is 0.786 bits per heavy atom. The van der Waals surface area contributed by atoms with Crippen molar-refractivity contribution in [2.45, 2.75) is 25.7 Å². The molecule has 0 nitrogen and oxygen atoms in total. The minimum absolute atomic E-state index is 0.254. The topological polar surface area (TPSA) is 0 Å². The Hall–Kier alpha value is -3.12. The molecule has 0 heterocycles.